The average Bonchev–Trinajstić information content (AvgIpc) is 2.93. The molecule has 0 aliphatic carbocycles. The van der Waals surface area contributed by atoms with Gasteiger partial charge in [-0.15, -0.1) is 10.2 Å². The highest BCUT2D eigenvalue weighted by atomic mass is 32.2. The number of rotatable bonds is 8. The van der Waals surface area contributed by atoms with Crippen LogP contribution in [-0.2, 0) is 28.0 Å². The van der Waals surface area contributed by atoms with Crippen molar-refractivity contribution in [1.29, 1.82) is 0 Å². The van der Waals surface area contributed by atoms with Crippen molar-refractivity contribution in [1.82, 2.24) is 23.8 Å². The highest BCUT2D eigenvalue weighted by Gasteiger charge is 2.31. The van der Waals surface area contributed by atoms with Gasteiger partial charge in [0.2, 0.25) is 0 Å². The van der Waals surface area contributed by atoms with Gasteiger partial charge in [-0.3, -0.25) is 0 Å². The Morgan fingerprint density at radius 3 is 2.70 bits per heavy atom. The molecule has 1 aromatic heterocycles. The van der Waals surface area contributed by atoms with Crippen LogP contribution in [0, 0.1) is 5.41 Å². The molecule has 0 spiro atoms. The van der Waals surface area contributed by atoms with Gasteiger partial charge >= 0.3 is 0 Å². The van der Waals surface area contributed by atoms with Crippen molar-refractivity contribution >= 4 is 10.2 Å². The van der Waals surface area contributed by atoms with E-state index < -0.39 is 10.2 Å². The van der Waals surface area contributed by atoms with Gasteiger partial charge in [0.1, 0.15) is 12.2 Å². The molecule has 0 amide bonds. The molecule has 9 heteroatoms. The van der Waals surface area contributed by atoms with Gasteiger partial charge in [-0.05, 0) is 24.7 Å². The van der Waals surface area contributed by atoms with Crippen molar-refractivity contribution in [3.05, 3.63) is 12.2 Å². The second-order valence-corrected chi connectivity index (χ2v) is 8.43. The molecule has 1 aliphatic heterocycles. The fourth-order valence-electron chi connectivity index (χ4n) is 2.56. The Morgan fingerprint density at radius 1 is 1.35 bits per heavy atom. The van der Waals surface area contributed by atoms with Crippen LogP contribution < -0.4 is 4.72 Å². The van der Waals surface area contributed by atoms with Crippen LogP contribution in [0.5, 0.6) is 0 Å². The smallest absolute Gasteiger partial charge is 0.279 e. The lowest BCUT2D eigenvalue weighted by molar-refractivity contribution is 0.190. The van der Waals surface area contributed by atoms with Crippen LogP contribution in [0.4, 0.5) is 0 Å². The third-order valence-electron chi connectivity index (χ3n) is 4.27. The maximum Gasteiger partial charge on any atom is 0.279 e. The SMILES string of the molecule is COCCCn1cnnc1CNS(=O)(=O)N1CCC(C)(C)CC1. The van der Waals surface area contributed by atoms with Crippen molar-refractivity contribution in [3.8, 4) is 0 Å². The minimum absolute atomic E-state index is 0.148. The van der Waals surface area contributed by atoms with Gasteiger partial charge in [0, 0.05) is 33.4 Å². The lowest BCUT2D eigenvalue weighted by Crippen LogP contribution is -2.46. The summed E-state index contributed by atoms with van der Waals surface area (Å²) in [6, 6.07) is 0. The molecule has 0 radical (unpaired) electrons. The van der Waals surface area contributed by atoms with Gasteiger partial charge < -0.3 is 9.30 Å². The zero-order chi connectivity index (χ0) is 16.9. The monoisotopic (exact) mass is 345 g/mol. The second kappa shape index (κ2) is 7.69. The van der Waals surface area contributed by atoms with E-state index in [-0.39, 0.29) is 12.0 Å². The summed E-state index contributed by atoms with van der Waals surface area (Å²) in [5.74, 6) is 0.613. The van der Waals surface area contributed by atoms with Gasteiger partial charge in [0.25, 0.3) is 10.2 Å². The van der Waals surface area contributed by atoms with Crippen molar-refractivity contribution in [2.75, 3.05) is 26.8 Å². The van der Waals surface area contributed by atoms with Gasteiger partial charge in [0.15, 0.2) is 0 Å². The summed E-state index contributed by atoms with van der Waals surface area (Å²) in [4.78, 5) is 0. The molecule has 0 aromatic carbocycles. The van der Waals surface area contributed by atoms with E-state index in [1.807, 2.05) is 4.57 Å². The zero-order valence-corrected chi connectivity index (χ0v) is 15.0. The molecule has 2 heterocycles. The van der Waals surface area contributed by atoms with Gasteiger partial charge in [0.05, 0.1) is 6.54 Å². The Hall–Kier alpha value is -1.03. The van der Waals surface area contributed by atoms with Crippen LogP contribution in [0.1, 0.15) is 38.9 Å². The molecule has 2 rings (SSSR count). The number of methoxy groups -OCH3 is 1. The summed E-state index contributed by atoms with van der Waals surface area (Å²) in [5, 5.41) is 7.85. The maximum absolute atomic E-state index is 12.4. The topological polar surface area (TPSA) is 89.3 Å². The molecule has 132 valence electrons. The first-order valence-electron chi connectivity index (χ1n) is 7.94. The zero-order valence-electron chi connectivity index (χ0n) is 14.2. The molecule has 1 aromatic rings. The summed E-state index contributed by atoms with van der Waals surface area (Å²) in [7, 11) is -1.82. The van der Waals surface area contributed by atoms with Crippen LogP contribution in [0.15, 0.2) is 6.33 Å². The molecule has 0 saturated carbocycles. The number of hydrogen-bond donors (Lipinski definition) is 1. The lowest BCUT2D eigenvalue weighted by atomic mass is 9.83. The van der Waals surface area contributed by atoms with Crippen molar-refractivity contribution in [3.63, 3.8) is 0 Å². The van der Waals surface area contributed by atoms with E-state index in [9.17, 15) is 8.42 Å². The Labute approximate surface area is 138 Å². The largest absolute Gasteiger partial charge is 0.385 e. The third kappa shape index (κ3) is 5.23. The van der Waals surface area contributed by atoms with Crippen LogP contribution >= 0.6 is 0 Å². The maximum atomic E-state index is 12.4. The predicted molar refractivity (Wildman–Crippen MR) is 86.9 cm³/mol. The first-order valence-corrected chi connectivity index (χ1v) is 9.38. The van der Waals surface area contributed by atoms with E-state index in [2.05, 4.69) is 28.8 Å². The molecule has 0 atom stereocenters. The number of nitrogens with zero attached hydrogens (tertiary/aromatic N) is 4. The summed E-state index contributed by atoms with van der Waals surface area (Å²) >= 11 is 0. The van der Waals surface area contributed by atoms with E-state index in [1.54, 1.807) is 13.4 Å². The van der Waals surface area contributed by atoms with Gasteiger partial charge in [-0.2, -0.15) is 17.4 Å². The van der Waals surface area contributed by atoms with Crippen molar-refractivity contribution < 1.29 is 13.2 Å². The molecule has 1 aliphatic rings. The molecule has 1 fully saturated rings. The lowest BCUT2D eigenvalue weighted by Gasteiger charge is -2.35. The second-order valence-electron chi connectivity index (χ2n) is 6.68. The van der Waals surface area contributed by atoms with Crippen LogP contribution in [0.2, 0.25) is 0 Å². The average molecular weight is 345 g/mol. The van der Waals surface area contributed by atoms with E-state index in [4.69, 9.17) is 4.74 Å². The number of hydrogen-bond acceptors (Lipinski definition) is 5. The Bertz CT molecular complexity index is 589. The fraction of sp³-hybridized carbons (Fsp3) is 0.857. The van der Waals surface area contributed by atoms with E-state index in [1.165, 1.54) is 4.31 Å². The fourth-order valence-corrected chi connectivity index (χ4v) is 3.72. The third-order valence-corrected chi connectivity index (χ3v) is 5.83. The standard InChI is InChI=1S/C14H27N5O3S/c1-14(2)5-8-19(9-6-14)23(20,21)16-11-13-17-15-12-18(13)7-4-10-22-3/h12,16H,4-11H2,1-3H3. The number of aryl methyl sites for hydroxylation is 1. The number of aromatic nitrogens is 3. The highest BCUT2D eigenvalue weighted by Crippen LogP contribution is 2.30. The number of ether oxygens (including phenoxy) is 1. The first kappa shape index (κ1) is 18.3. The first-order chi connectivity index (χ1) is 10.8. The molecular formula is C14H27N5O3S. The molecular weight excluding hydrogens is 318 g/mol. The normalized spacial score (nSPS) is 19.1. The summed E-state index contributed by atoms with van der Waals surface area (Å²) < 4.78 is 35.8. The van der Waals surface area contributed by atoms with Crippen LogP contribution in [0.3, 0.4) is 0 Å². The Kier molecular flexibility index (Phi) is 6.12. The molecule has 8 nitrogen and oxygen atoms in total. The minimum Gasteiger partial charge on any atom is -0.385 e. The molecule has 1 N–H and O–H groups in total. The van der Waals surface area contributed by atoms with Gasteiger partial charge in [-0.25, -0.2) is 0 Å². The predicted octanol–water partition coefficient (Wildman–Crippen LogP) is 0.771. The molecule has 0 unspecified atom stereocenters. The molecule has 23 heavy (non-hydrogen) atoms. The van der Waals surface area contributed by atoms with E-state index in [0.29, 0.717) is 32.1 Å². The van der Waals surface area contributed by atoms with E-state index >= 15 is 0 Å². The van der Waals surface area contributed by atoms with Crippen LogP contribution in [-0.4, -0.2) is 54.3 Å². The molecule has 1 saturated heterocycles. The highest BCUT2D eigenvalue weighted by molar-refractivity contribution is 7.87. The number of piperidine rings is 1. The number of nitrogens with one attached hydrogen (secondary N) is 1. The van der Waals surface area contributed by atoms with Crippen LogP contribution in [0.25, 0.3) is 0 Å². The Morgan fingerprint density at radius 2 is 2.04 bits per heavy atom. The van der Waals surface area contributed by atoms with Gasteiger partial charge in [-0.1, -0.05) is 13.8 Å². The van der Waals surface area contributed by atoms with Crippen molar-refractivity contribution in [2.45, 2.75) is 46.2 Å². The molecule has 0 bridgehead atoms. The van der Waals surface area contributed by atoms with E-state index in [0.717, 1.165) is 19.3 Å². The summed E-state index contributed by atoms with van der Waals surface area (Å²) in [5.41, 5.74) is 0.216. The Balaban J connectivity index is 1.89. The van der Waals surface area contributed by atoms with Crippen molar-refractivity contribution in [2.24, 2.45) is 5.41 Å². The summed E-state index contributed by atoms with van der Waals surface area (Å²) in [6.07, 6.45) is 4.19. The summed E-state index contributed by atoms with van der Waals surface area (Å²) in [6.45, 7) is 6.96. The quantitative estimate of drug-likeness (QED) is 0.703. The minimum atomic E-state index is -3.47.